The molecule has 3 atom stereocenters. The first-order chi connectivity index (χ1) is 8.73. The van der Waals surface area contributed by atoms with Crippen molar-refractivity contribution in [3.8, 4) is 0 Å². The molecule has 3 N–H and O–H groups in total. The van der Waals surface area contributed by atoms with Crippen LogP contribution in [0.15, 0.2) is 12.2 Å². The Kier molecular flexibility index (Phi) is 4.94. The van der Waals surface area contributed by atoms with E-state index in [1.54, 1.807) is 20.8 Å². The number of nitrogens with two attached hydrogens (primary N) is 1. The molecule has 1 rings (SSSR count). The Balaban J connectivity index is 2.44. The van der Waals surface area contributed by atoms with E-state index in [0.29, 0.717) is 6.42 Å². The summed E-state index contributed by atoms with van der Waals surface area (Å²) >= 11 is 0. The number of esters is 1. The highest BCUT2D eigenvalue weighted by Gasteiger charge is 2.30. The van der Waals surface area contributed by atoms with E-state index in [0.717, 1.165) is 0 Å². The molecular formula is C13H22N2O4. The normalized spacial score (nSPS) is 23.8. The third kappa shape index (κ3) is 4.90. The van der Waals surface area contributed by atoms with Crippen LogP contribution >= 0.6 is 0 Å². The quantitative estimate of drug-likeness (QED) is 0.588. The number of ether oxygens (including phenoxy) is 2. The standard InChI is InChI=1S/C13H22N2O4/c1-13(2,3)19-12(17)15-9-6-5-8(7-9)10(14)11(16)18-4/h5-6,8-10H,7,14H2,1-4H3,(H,15,17)/t8-,9+,10-/m1/s1. The highest BCUT2D eigenvalue weighted by Crippen LogP contribution is 2.21. The fourth-order valence-corrected chi connectivity index (χ4v) is 1.87. The molecule has 0 aromatic carbocycles. The van der Waals surface area contributed by atoms with Crippen LogP contribution < -0.4 is 11.1 Å². The molecule has 6 heteroatoms. The van der Waals surface area contributed by atoms with Crippen molar-refractivity contribution in [2.45, 2.75) is 44.9 Å². The van der Waals surface area contributed by atoms with Crippen LogP contribution in [0.5, 0.6) is 0 Å². The largest absolute Gasteiger partial charge is 0.468 e. The average Bonchev–Trinajstić information content (AvgIpc) is 2.72. The molecule has 0 fully saturated rings. The fourth-order valence-electron chi connectivity index (χ4n) is 1.87. The number of carbonyl (C=O) groups is 2. The fraction of sp³-hybridized carbons (Fsp3) is 0.692. The Morgan fingerprint density at radius 2 is 2.00 bits per heavy atom. The zero-order valence-corrected chi connectivity index (χ0v) is 11.8. The minimum Gasteiger partial charge on any atom is -0.468 e. The maximum atomic E-state index is 11.6. The molecule has 0 saturated heterocycles. The third-order valence-electron chi connectivity index (χ3n) is 2.75. The summed E-state index contributed by atoms with van der Waals surface area (Å²) in [5, 5.41) is 2.72. The van der Waals surface area contributed by atoms with E-state index >= 15 is 0 Å². The van der Waals surface area contributed by atoms with Crippen molar-refractivity contribution >= 4 is 12.1 Å². The SMILES string of the molecule is COC(=O)[C@H](N)[C@@H]1C=C[C@H](NC(=O)OC(C)(C)C)C1. The molecule has 6 nitrogen and oxygen atoms in total. The van der Waals surface area contributed by atoms with Gasteiger partial charge in [-0.05, 0) is 27.2 Å². The second-order valence-corrected chi connectivity index (χ2v) is 5.59. The molecule has 1 aliphatic rings. The van der Waals surface area contributed by atoms with Gasteiger partial charge in [0.25, 0.3) is 0 Å². The van der Waals surface area contributed by atoms with Crippen LogP contribution in [-0.4, -0.2) is 36.9 Å². The van der Waals surface area contributed by atoms with E-state index in [4.69, 9.17) is 10.5 Å². The van der Waals surface area contributed by atoms with Crippen LogP contribution in [0, 0.1) is 5.92 Å². The van der Waals surface area contributed by atoms with Gasteiger partial charge in [0, 0.05) is 5.92 Å². The van der Waals surface area contributed by atoms with Crippen molar-refractivity contribution in [1.29, 1.82) is 0 Å². The lowest BCUT2D eigenvalue weighted by molar-refractivity contribution is -0.143. The first-order valence-electron chi connectivity index (χ1n) is 6.24. The van der Waals surface area contributed by atoms with Gasteiger partial charge in [-0.25, -0.2) is 4.79 Å². The number of amides is 1. The Bertz CT molecular complexity index is 373. The molecule has 0 heterocycles. The van der Waals surface area contributed by atoms with Crippen molar-refractivity contribution in [2.75, 3.05) is 7.11 Å². The first kappa shape index (κ1) is 15.5. The van der Waals surface area contributed by atoms with Crippen LogP contribution in [0.4, 0.5) is 4.79 Å². The summed E-state index contributed by atoms with van der Waals surface area (Å²) in [5.74, 6) is -0.583. The summed E-state index contributed by atoms with van der Waals surface area (Å²) < 4.78 is 9.75. The molecule has 0 aromatic rings. The molecule has 1 aliphatic carbocycles. The Hall–Kier alpha value is -1.56. The number of hydrogen-bond donors (Lipinski definition) is 2. The van der Waals surface area contributed by atoms with Crippen LogP contribution in [0.3, 0.4) is 0 Å². The van der Waals surface area contributed by atoms with E-state index in [9.17, 15) is 9.59 Å². The van der Waals surface area contributed by atoms with Crippen LogP contribution in [0.25, 0.3) is 0 Å². The number of hydrogen-bond acceptors (Lipinski definition) is 5. The number of methoxy groups -OCH3 is 1. The van der Waals surface area contributed by atoms with Gasteiger partial charge < -0.3 is 20.5 Å². The number of alkyl carbamates (subject to hydrolysis) is 1. The van der Waals surface area contributed by atoms with E-state index < -0.39 is 23.7 Å². The topological polar surface area (TPSA) is 90.6 Å². The molecule has 108 valence electrons. The van der Waals surface area contributed by atoms with E-state index in [2.05, 4.69) is 10.1 Å². The lowest BCUT2D eigenvalue weighted by atomic mass is 9.99. The Morgan fingerprint density at radius 3 is 2.53 bits per heavy atom. The van der Waals surface area contributed by atoms with E-state index in [1.165, 1.54) is 7.11 Å². The molecule has 0 saturated carbocycles. The number of rotatable bonds is 3. The summed E-state index contributed by atoms with van der Waals surface area (Å²) in [6.07, 6.45) is 3.73. The molecule has 0 radical (unpaired) electrons. The molecule has 0 bridgehead atoms. The van der Waals surface area contributed by atoms with Crippen LogP contribution in [-0.2, 0) is 14.3 Å². The van der Waals surface area contributed by atoms with Gasteiger partial charge in [0.15, 0.2) is 0 Å². The summed E-state index contributed by atoms with van der Waals surface area (Å²) in [5.41, 5.74) is 5.22. The molecule has 0 aromatic heterocycles. The highest BCUT2D eigenvalue weighted by molar-refractivity contribution is 5.76. The maximum absolute atomic E-state index is 11.6. The minimum absolute atomic E-state index is 0.132. The van der Waals surface area contributed by atoms with Crippen molar-refractivity contribution in [3.05, 3.63) is 12.2 Å². The van der Waals surface area contributed by atoms with Crippen LogP contribution in [0.2, 0.25) is 0 Å². The predicted octanol–water partition coefficient (Wildman–Crippen LogP) is 0.956. The number of nitrogens with one attached hydrogen (secondary N) is 1. The van der Waals surface area contributed by atoms with Crippen molar-refractivity contribution in [1.82, 2.24) is 5.32 Å². The summed E-state index contributed by atoms with van der Waals surface area (Å²) in [6, 6.07) is -0.873. The highest BCUT2D eigenvalue weighted by atomic mass is 16.6. The van der Waals surface area contributed by atoms with Gasteiger partial charge in [-0.1, -0.05) is 12.2 Å². The summed E-state index contributed by atoms with van der Waals surface area (Å²) in [4.78, 5) is 22.9. The van der Waals surface area contributed by atoms with Crippen molar-refractivity contribution in [2.24, 2.45) is 11.7 Å². The zero-order chi connectivity index (χ0) is 14.6. The number of carbonyl (C=O) groups excluding carboxylic acids is 2. The summed E-state index contributed by atoms with van der Waals surface area (Å²) in [6.45, 7) is 5.40. The second-order valence-electron chi connectivity index (χ2n) is 5.59. The van der Waals surface area contributed by atoms with E-state index in [-0.39, 0.29) is 12.0 Å². The predicted molar refractivity (Wildman–Crippen MR) is 70.4 cm³/mol. The lowest BCUT2D eigenvalue weighted by Gasteiger charge is -2.22. The van der Waals surface area contributed by atoms with Gasteiger partial charge in [-0.3, -0.25) is 4.79 Å². The maximum Gasteiger partial charge on any atom is 0.408 e. The Morgan fingerprint density at radius 1 is 1.37 bits per heavy atom. The first-order valence-corrected chi connectivity index (χ1v) is 6.24. The molecule has 1 amide bonds. The molecule has 0 aliphatic heterocycles. The van der Waals surface area contributed by atoms with Crippen molar-refractivity contribution in [3.63, 3.8) is 0 Å². The monoisotopic (exact) mass is 270 g/mol. The molecule has 0 spiro atoms. The second kappa shape index (κ2) is 6.06. The zero-order valence-electron chi connectivity index (χ0n) is 11.8. The average molecular weight is 270 g/mol. The van der Waals surface area contributed by atoms with Crippen LogP contribution in [0.1, 0.15) is 27.2 Å². The third-order valence-corrected chi connectivity index (χ3v) is 2.75. The molecular weight excluding hydrogens is 248 g/mol. The smallest absolute Gasteiger partial charge is 0.408 e. The van der Waals surface area contributed by atoms with Gasteiger partial charge in [0.05, 0.1) is 13.2 Å². The Labute approximate surface area is 113 Å². The van der Waals surface area contributed by atoms with Gasteiger partial charge in [0.1, 0.15) is 11.6 Å². The molecule has 0 unspecified atom stereocenters. The van der Waals surface area contributed by atoms with Gasteiger partial charge in [-0.2, -0.15) is 0 Å². The van der Waals surface area contributed by atoms with Gasteiger partial charge in [0.2, 0.25) is 0 Å². The summed E-state index contributed by atoms with van der Waals surface area (Å²) in [7, 11) is 1.30. The van der Waals surface area contributed by atoms with Crippen molar-refractivity contribution < 1.29 is 19.1 Å². The molecule has 19 heavy (non-hydrogen) atoms. The minimum atomic E-state index is -0.702. The van der Waals surface area contributed by atoms with Gasteiger partial charge >= 0.3 is 12.1 Å². The van der Waals surface area contributed by atoms with E-state index in [1.807, 2.05) is 12.2 Å². The van der Waals surface area contributed by atoms with Gasteiger partial charge in [-0.15, -0.1) is 0 Å². The lowest BCUT2D eigenvalue weighted by Crippen LogP contribution is -2.41.